The predicted molar refractivity (Wildman–Crippen MR) is 83.9 cm³/mol. The topological polar surface area (TPSA) is 78.9 Å². The summed E-state index contributed by atoms with van der Waals surface area (Å²) in [5.74, 6) is 0.611. The second-order valence-electron chi connectivity index (χ2n) is 5.93. The molecule has 1 saturated carbocycles. The van der Waals surface area contributed by atoms with E-state index in [0.29, 0.717) is 28.7 Å². The molecule has 1 aromatic carbocycles. The lowest BCUT2D eigenvalue weighted by atomic mass is 9.70. The highest BCUT2D eigenvalue weighted by Gasteiger charge is 2.39. The molecule has 0 bridgehead atoms. The van der Waals surface area contributed by atoms with E-state index in [4.69, 9.17) is 22.6 Å². The molecule has 0 spiro atoms. The third-order valence-electron chi connectivity index (χ3n) is 4.45. The molecule has 1 aliphatic carbocycles. The molecule has 0 radical (unpaired) electrons. The summed E-state index contributed by atoms with van der Waals surface area (Å²) in [7, 11) is 0. The first kappa shape index (κ1) is 15.8. The summed E-state index contributed by atoms with van der Waals surface area (Å²) in [5.41, 5.74) is 6.41. The predicted octanol–water partition coefficient (Wildman–Crippen LogP) is 3.31. The molecular formula is C16H20ClN3O. The number of benzene rings is 1. The Hall–Kier alpha value is -1.57. The van der Waals surface area contributed by atoms with E-state index >= 15 is 0 Å². The molecule has 1 aliphatic rings. The standard InChI is InChI=1S/C16H20ClN3O/c1-11-4-6-16(10-19,7-5-11)15(21)20-13-3-2-12(9-18)14(17)8-13/h2-3,8,11H,4-7,10,19H2,1H3,(H,20,21). The van der Waals surface area contributed by atoms with E-state index in [1.165, 1.54) is 0 Å². The van der Waals surface area contributed by atoms with Crippen LogP contribution in [0.2, 0.25) is 5.02 Å². The van der Waals surface area contributed by atoms with Crippen molar-refractivity contribution in [2.45, 2.75) is 32.6 Å². The van der Waals surface area contributed by atoms with Gasteiger partial charge in [-0.3, -0.25) is 4.79 Å². The molecule has 0 unspecified atom stereocenters. The van der Waals surface area contributed by atoms with E-state index in [-0.39, 0.29) is 5.91 Å². The summed E-state index contributed by atoms with van der Waals surface area (Å²) in [6.07, 6.45) is 3.69. The number of amides is 1. The average molecular weight is 306 g/mol. The number of hydrogen-bond donors (Lipinski definition) is 2. The molecule has 112 valence electrons. The zero-order chi connectivity index (χ0) is 15.5. The Labute approximate surface area is 130 Å². The zero-order valence-corrected chi connectivity index (χ0v) is 12.9. The van der Waals surface area contributed by atoms with Gasteiger partial charge in [-0.15, -0.1) is 0 Å². The van der Waals surface area contributed by atoms with Crippen LogP contribution in [0.25, 0.3) is 0 Å². The van der Waals surface area contributed by atoms with Crippen LogP contribution in [-0.2, 0) is 4.79 Å². The molecular weight excluding hydrogens is 286 g/mol. The highest BCUT2D eigenvalue weighted by atomic mass is 35.5. The summed E-state index contributed by atoms with van der Waals surface area (Å²) in [6, 6.07) is 6.90. The van der Waals surface area contributed by atoms with Crippen molar-refractivity contribution in [3.05, 3.63) is 28.8 Å². The summed E-state index contributed by atoms with van der Waals surface area (Å²) in [4.78, 5) is 12.6. The summed E-state index contributed by atoms with van der Waals surface area (Å²) in [6.45, 7) is 2.56. The Kier molecular flexibility index (Phi) is 4.87. The molecule has 0 aromatic heterocycles. The number of carbonyl (C=O) groups is 1. The molecule has 0 atom stereocenters. The van der Waals surface area contributed by atoms with E-state index in [1.54, 1.807) is 18.2 Å². The molecule has 1 amide bonds. The van der Waals surface area contributed by atoms with E-state index in [9.17, 15) is 4.79 Å². The maximum absolute atomic E-state index is 12.6. The first-order valence-electron chi connectivity index (χ1n) is 7.22. The van der Waals surface area contributed by atoms with Crippen LogP contribution in [0.3, 0.4) is 0 Å². The monoisotopic (exact) mass is 305 g/mol. The number of hydrogen-bond acceptors (Lipinski definition) is 3. The third-order valence-corrected chi connectivity index (χ3v) is 4.76. The van der Waals surface area contributed by atoms with Gasteiger partial charge in [-0.2, -0.15) is 5.26 Å². The number of rotatable bonds is 3. The van der Waals surface area contributed by atoms with Crippen molar-refractivity contribution in [3.8, 4) is 6.07 Å². The maximum Gasteiger partial charge on any atom is 0.231 e. The first-order valence-corrected chi connectivity index (χ1v) is 7.60. The van der Waals surface area contributed by atoms with Gasteiger partial charge >= 0.3 is 0 Å². The van der Waals surface area contributed by atoms with E-state index in [1.807, 2.05) is 6.07 Å². The molecule has 1 fully saturated rings. The van der Waals surface area contributed by atoms with Gasteiger partial charge in [-0.25, -0.2) is 0 Å². The number of nitrogens with zero attached hydrogens (tertiary/aromatic N) is 1. The van der Waals surface area contributed by atoms with Crippen molar-refractivity contribution >= 4 is 23.2 Å². The lowest BCUT2D eigenvalue weighted by Crippen LogP contribution is -2.44. The Morgan fingerprint density at radius 2 is 2.19 bits per heavy atom. The minimum absolute atomic E-state index is 0.0438. The van der Waals surface area contributed by atoms with Crippen LogP contribution in [0.4, 0.5) is 5.69 Å². The fourth-order valence-corrected chi connectivity index (χ4v) is 3.01. The molecule has 21 heavy (non-hydrogen) atoms. The van der Waals surface area contributed by atoms with E-state index in [0.717, 1.165) is 25.7 Å². The van der Waals surface area contributed by atoms with Crippen molar-refractivity contribution in [1.82, 2.24) is 0 Å². The van der Waals surface area contributed by atoms with Crippen LogP contribution in [0.1, 0.15) is 38.2 Å². The normalized spacial score (nSPS) is 25.1. The minimum atomic E-state index is -0.479. The molecule has 4 nitrogen and oxygen atoms in total. The van der Waals surface area contributed by atoms with Crippen LogP contribution in [0, 0.1) is 22.7 Å². The Morgan fingerprint density at radius 3 is 2.71 bits per heavy atom. The average Bonchev–Trinajstić information content (AvgIpc) is 2.48. The van der Waals surface area contributed by atoms with Crippen molar-refractivity contribution in [1.29, 1.82) is 5.26 Å². The smallest absolute Gasteiger partial charge is 0.231 e. The number of nitriles is 1. The third kappa shape index (κ3) is 3.37. The zero-order valence-electron chi connectivity index (χ0n) is 12.2. The van der Waals surface area contributed by atoms with Crippen molar-refractivity contribution in [3.63, 3.8) is 0 Å². The van der Waals surface area contributed by atoms with Gasteiger partial charge in [-0.05, 0) is 49.8 Å². The number of carbonyl (C=O) groups excluding carboxylic acids is 1. The molecule has 2 rings (SSSR count). The van der Waals surface area contributed by atoms with Gasteiger partial charge in [0.05, 0.1) is 16.0 Å². The first-order chi connectivity index (χ1) is 10.0. The lowest BCUT2D eigenvalue weighted by Gasteiger charge is -2.37. The quantitative estimate of drug-likeness (QED) is 0.899. The fourth-order valence-electron chi connectivity index (χ4n) is 2.79. The molecule has 5 heteroatoms. The fraction of sp³-hybridized carbons (Fsp3) is 0.500. The van der Waals surface area contributed by atoms with Crippen molar-refractivity contribution < 1.29 is 4.79 Å². The highest BCUT2D eigenvalue weighted by molar-refractivity contribution is 6.32. The molecule has 0 saturated heterocycles. The van der Waals surface area contributed by atoms with Crippen LogP contribution < -0.4 is 11.1 Å². The van der Waals surface area contributed by atoms with Gasteiger partial charge in [0.1, 0.15) is 6.07 Å². The Morgan fingerprint density at radius 1 is 1.52 bits per heavy atom. The highest BCUT2D eigenvalue weighted by Crippen LogP contribution is 2.39. The minimum Gasteiger partial charge on any atom is -0.329 e. The van der Waals surface area contributed by atoms with Crippen LogP contribution in [-0.4, -0.2) is 12.5 Å². The van der Waals surface area contributed by atoms with Crippen LogP contribution in [0.5, 0.6) is 0 Å². The van der Waals surface area contributed by atoms with Gasteiger partial charge in [-0.1, -0.05) is 18.5 Å². The van der Waals surface area contributed by atoms with Crippen LogP contribution in [0.15, 0.2) is 18.2 Å². The second kappa shape index (κ2) is 6.46. The Balaban J connectivity index is 2.13. The summed E-state index contributed by atoms with van der Waals surface area (Å²) in [5, 5.41) is 12.1. The van der Waals surface area contributed by atoms with Gasteiger partial charge in [0.15, 0.2) is 0 Å². The number of nitrogens with one attached hydrogen (secondary N) is 1. The molecule has 1 aromatic rings. The van der Waals surface area contributed by atoms with Gasteiger partial charge < -0.3 is 11.1 Å². The molecule has 3 N–H and O–H groups in total. The van der Waals surface area contributed by atoms with Gasteiger partial charge in [0.25, 0.3) is 0 Å². The van der Waals surface area contributed by atoms with E-state index < -0.39 is 5.41 Å². The number of nitrogens with two attached hydrogens (primary N) is 1. The second-order valence-corrected chi connectivity index (χ2v) is 6.33. The summed E-state index contributed by atoms with van der Waals surface area (Å²) < 4.78 is 0. The van der Waals surface area contributed by atoms with Gasteiger partial charge in [0.2, 0.25) is 5.91 Å². The number of anilines is 1. The summed E-state index contributed by atoms with van der Waals surface area (Å²) >= 11 is 5.99. The van der Waals surface area contributed by atoms with Crippen LogP contribution >= 0.6 is 11.6 Å². The molecule has 0 aliphatic heterocycles. The largest absolute Gasteiger partial charge is 0.329 e. The van der Waals surface area contributed by atoms with Crippen molar-refractivity contribution in [2.75, 3.05) is 11.9 Å². The van der Waals surface area contributed by atoms with Crippen molar-refractivity contribution in [2.24, 2.45) is 17.1 Å². The molecule has 0 heterocycles. The Bertz CT molecular complexity index is 571. The maximum atomic E-state index is 12.6. The lowest BCUT2D eigenvalue weighted by molar-refractivity contribution is -0.127. The SMILES string of the molecule is CC1CCC(CN)(C(=O)Nc2ccc(C#N)c(Cl)c2)CC1. The van der Waals surface area contributed by atoms with Gasteiger partial charge in [0, 0.05) is 12.2 Å². The number of halogens is 1. The van der Waals surface area contributed by atoms with E-state index in [2.05, 4.69) is 12.2 Å².